The summed E-state index contributed by atoms with van der Waals surface area (Å²) >= 11 is 6.07. The van der Waals surface area contributed by atoms with Gasteiger partial charge in [-0.2, -0.15) is 5.26 Å². The Kier molecular flexibility index (Phi) is 4.88. The number of fused-ring (bicyclic) bond motifs is 4. The Morgan fingerprint density at radius 3 is 2.42 bits per heavy atom. The van der Waals surface area contributed by atoms with E-state index in [2.05, 4.69) is 6.07 Å². The average Bonchev–Trinajstić information content (AvgIpc) is 2.80. The van der Waals surface area contributed by atoms with Crippen molar-refractivity contribution in [2.45, 2.75) is 18.9 Å². The average molecular weight is 430 g/mol. The molecular weight excluding hydrogens is 410 g/mol. The molecule has 1 fully saturated rings. The highest BCUT2D eigenvalue weighted by Crippen LogP contribution is 2.40. The predicted molar refractivity (Wildman–Crippen MR) is 119 cm³/mol. The number of halogens is 1. The zero-order chi connectivity index (χ0) is 21.5. The molecule has 5 nitrogen and oxygen atoms in total. The van der Waals surface area contributed by atoms with E-state index in [0.717, 1.165) is 23.2 Å². The van der Waals surface area contributed by atoms with Gasteiger partial charge in [0.2, 0.25) is 0 Å². The summed E-state index contributed by atoms with van der Waals surface area (Å²) in [6.45, 7) is 1.81. The number of hydrogen-bond donors (Lipinski definition) is 0. The summed E-state index contributed by atoms with van der Waals surface area (Å²) < 4.78 is 1.90. The fraction of sp³-hybridized carbons (Fsp3) is 0.240. The molecule has 5 rings (SSSR count). The summed E-state index contributed by atoms with van der Waals surface area (Å²) in [5.41, 5.74) is 4.17. The molecule has 2 aliphatic rings. The Bertz CT molecular complexity index is 1260. The van der Waals surface area contributed by atoms with E-state index in [1.165, 1.54) is 0 Å². The lowest BCUT2D eigenvalue weighted by molar-refractivity contribution is 0.0595. The van der Waals surface area contributed by atoms with Crippen LogP contribution in [0.3, 0.4) is 0 Å². The molecule has 3 heterocycles. The van der Waals surface area contributed by atoms with E-state index in [1.54, 1.807) is 30.3 Å². The smallest absolute Gasteiger partial charge is 0.253 e. The molecule has 31 heavy (non-hydrogen) atoms. The predicted octanol–water partition coefficient (Wildman–Crippen LogP) is 4.30. The molecule has 1 aromatic heterocycles. The SMILES string of the molecule is N#Cc1ccc(C(=O)N2CC3CC(C2)c2c(-c4ccc(Cl)cc4)ccc(=O)n2C3)cc1. The van der Waals surface area contributed by atoms with Gasteiger partial charge in [0.05, 0.1) is 11.6 Å². The van der Waals surface area contributed by atoms with Crippen molar-refractivity contribution in [3.8, 4) is 17.2 Å². The van der Waals surface area contributed by atoms with Crippen LogP contribution < -0.4 is 5.56 Å². The first kappa shape index (κ1) is 19.6. The lowest BCUT2D eigenvalue weighted by Gasteiger charge is -2.43. The molecule has 2 unspecified atom stereocenters. The number of nitriles is 1. The van der Waals surface area contributed by atoms with Gasteiger partial charge in [0, 0.05) is 53.5 Å². The minimum absolute atomic E-state index is 0.00859. The van der Waals surface area contributed by atoms with E-state index < -0.39 is 0 Å². The zero-order valence-electron chi connectivity index (χ0n) is 16.8. The molecule has 0 saturated carbocycles. The van der Waals surface area contributed by atoms with Gasteiger partial charge in [0.25, 0.3) is 11.5 Å². The summed E-state index contributed by atoms with van der Waals surface area (Å²) in [6, 6.07) is 20.0. The number of hydrogen-bond acceptors (Lipinski definition) is 3. The van der Waals surface area contributed by atoms with Crippen LogP contribution in [-0.4, -0.2) is 28.5 Å². The van der Waals surface area contributed by atoms with Gasteiger partial charge in [-0.15, -0.1) is 0 Å². The Morgan fingerprint density at radius 2 is 1.71 bits per heavy atom. The van der Waals surface area contributed by atoms with Crippen molar-refractivity contribution >= 4 is 17.5 Å². The second kappa shape index (κ2) is 7.72. The zero-order valence-corrected chi connectivity index (χ0v) is 17.5. The number of nitrogens with zero attached hydrogens (tertiary/aromatic N) is 3. The highest BCUT2D eigenvalue weighted by atomic mass is 35.5. The van der Waals surface area contributed by atoms with E-state index in [-0.39, 0.29) is 23.3 Å². The first-order chi connectivity index (χ1) is 15.0. The van der Waals surface area contributed by atoms with Crippen LogP contribution in [0.25, 0.3) is 11.1 Å². The summed E-state index contributed by atoms with van der Waals surface area (Å²) in [5.74, 6) is 0.306. The topological polar surface area (TPSA) is 66.1 Å². The maximum Gasteiger partial charge on any atom is 0.253 e. The molecule has 1 saturated heterocycles. The highest BCUT2D eigenvalue weighted by Gasteiger charge is 2.38. The Labute approximate surface area is 185 Å². The van der Waals surface area contributed by atoms with Crippen LogP contribution in [0.2, 0.25) is 5.02 Å². The van der Waals surface area contributed by atoms with Crippen molar-refractivity contribution in [1.29, 1.82) is 5.26 Å². The quantitative estimate of drug-likeness (QED) is 0.610. The number of piperidine rings is 1. The van der Waals surface area contributed by atoms with Crippen LogP contribution in [0.1, 0.15) is 34.0 Å². The summed E-state index contributed by atoms with van der Waals surface area (Å²) in [5, 5.41) is 9.66. The molecule has 0 radical (unpaired) electrons. The third-order valence-corrected chi connectivity index (χ3v) is 6.55. The number of carbonyl (C=O) groups excluding carboxylic acids is 1. The molecular formula is C25H20ClN3O2. The first-order valence-corrected chi connectivity index (χ1v) is 10.7. The second-order valence-corrected chi connectivity index (χ2v) is 8.72. The summed E-state index contributed by atoms with van der Waals surface area (Å²) in [7, 11) is 0. The van der Waals surface area contributed by atoms with Crippen molar-refractivity contribution in [1.82, 2.24) is 9.47 Å². The van der Waals surface area contributed by atoms with Gasteiger partial charge in [-0.3, -0.25) is 9.59 Å². The van der Waals surface area contributed by atoms with Gasteiger partial charge >= 0.3 is 0 Å². The summed E-state index contributed by atoms with van der Waals surface area (Å²) in [6.07, 6.45) is 0.960. The fourth-order valence-electron chi connectivity index (χ4n) is 4.92. The molecule has 1 amide bonds. The van der Waals surface area contributed by atoms with Crippen molar-refractivity contribution in [2.75, 3.05) is 13.1 Å². The monoisotopic (exact) mass is 429 g/mol. The number of benzene rings is 2. The third kappa shape index (κ3) is 3.54. The number of pyridine rings is 1. The van der Waals surface area contributed by atoms with Gasteiger partial charge in [0.15, 0.2) is 0 Å². The highest BCUT2D eigenvalue weighted by molar-refractivity contribution is 6.30. The number of amides is 1. The van der Waals surface area contributed by atoms with E-state index in [1.807, 2.05) is 39.8 Å². The lowest BCUT2D eigenvalue weighted by atomic mass is 9.80. The maximum atomic E-state index is 13.2. The van der Waals surface area contributed by atoms with E-state index in [4.69, 9.17) is 16.9 Å². The first-order valence-electron chi connectivity index (χ1n) is 10.3. The molecule has 2 atom stereocenters. The molecule has 0 spiro atoms. The standard InChI is InChI=1S/C25H20ClN3O2/c26-21-7-5-18(6-8-21)22-9-10-23(30)29-14-17-11-20(24(22)29)15-28(13-17)25(31)19-3-1-16(12-27)2-4-19/h1-10,17,20H,11,13-15H2. The Hall–Kier alpha value is -3.36. The number of likely N-dealkylation sites (tertiary alicyclic amines) is 1. The third-order valence-electron chi connectivity index (χ3n) is 6.29. The largest absolute Gasteiger partial charge is 0.338 e. The van der Waals surface area contributed by atoms with Crippen LogP contribution in [0.15, 0.2) is 65.5 Å². The van der Waals surface area contributed by atoms with E-state index in [0.29, 0.717) is 35.8 Å². The second-order valence-electron chi connectivity index (χ2n) is 8.29. The molecule has 6 heteroatoms. The lowest BCUT2D eigenvalue weighted by Crippen LogP contribution is -2.49. The van der Waals surface area contributed by atoms with Crippen LogP contribution in [0.4, 0.5) is 0 Å². The van der Waals surface area contributed by atoms with Gasteiger partial charge in [-0.1, -0.05) is 23.7 Å². The molecule has 0 aliphatic carbocycles. The van der Waals surface area contributed by atoms with Crippen molar-refractivity contribution in [3.05, 3.63) is 92.9 Å². The van der Waals surface area contributed by atoms with E-state index >= 15 is 0 Å². The van der Waals surface area contributed by atoms with Gasteiger partial charge in [-0.25, -0.2) is 0 Å². The maximum absolute atomic E-state index is 13.2. The number of carbonyl (C=O) groups is 1. The van der Waals surface area contributed by atoms with Gasteiger partial charge in [0.1, 0.15) is 0 Å². The molecule has 3 aromatic rings. The molecule has 2 aliphatic heterocycles. The minimum atomic E-state index is -0.0287. The fourth-order valence-corrected chi connectivity index (χ4v) is 5.05. The summed E-state index contributed by atoms with van der Waals surface area (Å²) in [4.78, 5) is 27.7. The van der Waals surface area contributed by atoms with Gasteiger partial charge in [-0.05, 0) is 60.4 Å². The van der Waals surface area contributed by atoms with E-state index in [9.17, 15) is 9.59 Å². The Morgan fingerprint density at radius 1 is 0.968 bits per heavy atom. The van der Waals surface area contributed by atoms with Crippen molar-refractivity contribution in [2.24, 2.45) is 5.92 Å². The molecule has 154 valence electrons. The molecule has 2 aromatic carbocycles. The van der Waals surface area contributed by atoms with Crippen LogP contribution in [0, 0.1) is 17.2 Å². The Balaban J connectivity index is 1.51. The van der Waals surface area contributed by atoms with Crippen LogP contribution in [0.5, 0.6) is 0 Å². The van der Waals surface area contributed by atoms with Crippen molar-refractivity contribution < 1.29 is 4.79 Å². The van der Waals surface area contributed by atoms with Crippen LogP contribution >= 0.6 is 11.6 Å². The minimum Gasteiger partial charge on any atom is -0.338 e. The van der Waals surface area contributed by atoms with Crippen LogP contribution in [-0.2, 0) is 6.54 Å². The molecule has 2 bridgehead atoms. The normalized spacial score (nSPS) is 19.4. The number of rotatable bonds is 2. The number of aromatic nitrogens is 1. The molecule has 0 N–H and O–H groups in total. The van der Waals surface area contributed by atoms with Gasteiger partial charge < -0.3 is 9.47 Å². The van der Waals surface area contributed by atoms with Crippen molar-refractivity contribution in [3.63, 3.8) is 0 Å².